The number of carboxylic acids is 1. The first kappa shape index (κ1) is 16.5. The lowest BCUT2D eigenvalue weighted by Gasteiger charge is -2.09. The maximum absolute atomic E-state index is 11.6. The molecule has 3 N–H and O–H groups in total. The Morgan fingerprint density at radius 3 is 2.62 bits per heavy atom. The van der Waals surface area contributed by atoms with E-state index in [0.29, 0.717) is 19.6 Å². The molecule has 1 aromatic rings. The number of carbonyl (C=O) groups excluding carboxylic acids is 2. The summed E-state index contributed by atoms with van der Waals surface area (Å²) in [7, 11) is 0. The van der Waals surface area contributed by atoms with E-state index < -0.39 is 12.0 Å². The molecule has 7 heteroatoms. The lowest BCUT2D eigenvalue weighted by molar-refractivity contribution is -0.143. The summed E-state index contributed by atoms with van der Waals surface area (Å²) in [6.07, 6.45) is 0.673. The van der Waals surface area contributed by atoms with Gasteiger partial charge in [0.05, 0.1) is 17.9 Å². The Balaban J connectivity index is 2.38. The Kier molecular flexibility index (Phi) is 6.73. The number of benzene rings is 1. The fourth-order valence-electron chi connectivity index (χ4n) is 1.61. The normalized spacial score (nSPS) is 9.76. The number of rotatable bonds is 7. The van der Waals surface area contributed by atoms with Crippen LogP contribution >= 0.6 is 0 Å². The van der Waals surface area contributed by atoms with Gasteiger partial charge in [0, 0.05) is 13.0 Å². The largest absolute Gasteiger partial charge is 0.478 e. The number of urea groups is 1. The van der Waals surface area contributed by atoms with E-state index in [0.717, 1.165) is 0 Å². The molecule has 0 radical (unpaired) electrons. The van der Waals surface area contributed by atoms with Crippen LogP contribution in [0.25, 0.3) is 0 Å². The fraction of sp³-hybridized carbons (Fsp3) is 0.357. The van der Waals surface area contributed by atoms with Crippen LogP contribution in [0.1, 0.15) is 30.1 Å². The molecule has 0 aliphatic heterocycles. The predicted molar refractivity (Wildman–Crippen MR) is 76.3 cm³/mol. The van der Waals surface area contributed by atoms with Gasteiger partial charge < -0.3 is 20.5 Å². The van der Waals surface area contributed by atoms with Crippen molar-refractivity contribution in [2.45, 2.75) is 19.8 Å². The molecule has 0 unspecified atom stereocenters. The van der Waals surface area contributed by atoms with Crippen molar-refractivity contribution in [1.82, 2.24) is 5.32 Å². The highest BCUT2D eigenvalue weighted by molar-refractivity contribution is 5.99. The number of anilines is 1. The van der Waals surface area contributed by atoms with Gasteiger partial charge in [0.1, 0.15) is 0 Å². The molecule has 1 aromatic carbocycles. The van der Waals surface area contributed by atoms with Crippen LogP contribution in [0, 0.1) is 0 Å². The van der Waals surface area contributed by atoms with E-state index in [2.05, 4.69) is 10.6 Å². The number of nitrogens with one attached hydrogen (secondary N) is 2. The number of ether oxygens (including phenoxy) is 1. The molecule has 0 heterocycles. The molecule has 21 heavy (non-hydrogen) atoms. The van der Waals surface area contributed by atoms with E-state index in [1.165, 1.54) is 12.1 Å². The van der Waals surface area contributed by atoms with Crippen LogP contribution in [0.2, 0.25) is 0 Å². The van der Waals surface area contributed by atoms with Gasteiger partial charge in [-0.2, -0.15) is 0 Å². The van der Waals surface area contributed by atoms with Crippen molar-refractivity contribution in [2.24, 2.45) is 0 Å². The molecule has 0 spiro atoms. The summed E-state index contributed by atoms with van der Waals surface area (Å²) in [5, 5.41) is 14.0. The minimum Gasteiger partial charge on any atom is -0.478 e. The van der Waals surface area contributed by atoms with E-state index in [4.69, 9.17) is 9.84 Å². The van der Waals surface area contributed by atoms with Crippen LogP contribution in [-0.2, 0) is 9.53 Å². The molecule has 2 amide bonds. The first-order chi connectivity index (χ1) is 10.0. The summed E-state index contributed by atoms with van der Waals surface area (Å²) in [6, 6.07) is 5.59. The maximum atomic E-state index is 11.6. The molecule has 0 aromatic heterocycles. The topological polar surface area (TPSA) is 105 Å². The highest BCUT2D eigenvalue weighted by Crippen LogP contribution is 2.14. The number of hydrogen-bond donors (Lipinski definition) is 3. The number of hydrogen-bond acceptors (Lipinski definition) is 4. The second-order valence-electron chi connectivity index (χ2n) is 4.14. The lowest BCUT2D eigenvalue weighted by Crippen LogP contribution is -2.30. The first-order valence-electron chi connectivity index (χ1n) is 6.57. The molecule has 0 saturated carbocycles. The zero-order valence-corrected chi connectivity index (χ0v) is 11.7. The molecule has 0 fully saturated rings. The van der Waals surface area contributed by atoms with Crippen molar-refractivity contribution in [1.29, 1.82) is 0 Å². The Morgan fingerprint density at radius 2 is 1.95 bits per heavy atom. The second-order valence-corrected chi connectivity index (χ2v) is 4.14. The van der Waals surface area contributed by atoms with Crippen LogP contribution < -0.4 is 10.6 Å². The Hall–Kier alpha value is -2.57. The SMILES string of the molecule is CCOC(=O)CCCNC(=O)Nc1ccccc1C(=O)O. The minimum absolute atomic E-state index is 0.0131. The first-order valence-corrected chi connectivity index (χ1v) is 6.57. The summed E-state index contributed by atoms with van der Waals surface area (Å²) in [4.78, 5) is 33.7. The fourth-order valence-corrected chi connectivity index (χ4v) is 1.61. The highest BCUT2D eigenvalue weighted by atomic mass is 16.5. The molecular formula is C14H18N2O5. The lowest BCUT2D eigenvalue weighted by atomic mass is 10.2. The molecule has 0 saturated heterocycles. The third kappa shape index (κ3) is 5.94. The molecular weight excluding hydrogens is 276 g/mol. The van der Waals surface area contributed by atoms with Gasteiger partial charge in [-0.3, -0.25) is 4.79 Å². The van der Waals surface area contributed by atoms with Crippen molar-refractivity contribution >= 4 is 23.7 Å². The van der Waals surface area contributed by atoms with Crippen molar-refractivity contribution in [3.05, 3.63) is 29.8 Å². The van der Waals surface area contributed by atoms with Crippen LogP contribution in [0.5, 0.6) is 0 Å². The summed E-state index contributed by atoms with van der Waals surface area (Å²) in [5.74, 6) is -1.43. The maximum Gasteiger partial charge on any atom is 0.337 e. The number of carboxylic acid groups (broad SMARTS) is 1. The van der Waals surface area contributed by atoms with E-state index in [9.17, 15) is 14.4 Å². The van der Waals surface area contributed by atoms with Crippen molar-refractivity contribution in [3.63, 3.8) is 0 Å². The number of esters is 1. The number of carbonyl (C=O) groups is 3. The molecule has 0 atom stereocenters. The van der Waals surface area contributed by atoms with Crippen LogP contribution in [0.3, 0.4) is 0 Å². The third-order valence-corrected chi connectivity index (χ3v) is 2.55. The standard InChI is InChI=1S/C14H18N2O5/c1-2-21-12(17)8-5-9-15-14(20)16-11-7-4-3-6-10(11)13(18)19/h3-4,6-7H,2,5,8-9H2,1H3,(H,18,19)(H2,15,16,20). The van der Waals surface area contributed by atoms with Crippen LogP contribution in [0.15, 0.2) is 24.3 Å². The molecule has 0 aliphatic carbocycles. The van der Waals surface area contributed by atoms with Crippen molar-refractivity contribution in [3.8, 4) is 0 Å². The minimum atomic E-state index is -1.12. The second kappa shape index (κ2) is 8.57. The summed E-state index contributed by atoms with van der Waals surface area (Å²) >= 11 is 0. The molecule has 114 valence electrons. The summed E-state index contributed by atoms with van der Waals surface area (Å²) in [6.45, 7) is 2.35. The zero-order chi connectivity index (χ0) is 15.7. The summed E-state index contributed by atoms with van der Waals surface area (Å²) < 4.78 is 4.75. The average molecular weight is 294 g/mol. The van der Waals surface area contributed by atoms with E-state index >= 15 is 0 Å². The van der Waals surface area contributed by atoms with Gasteiger partial charge in [-0.05, 0) is 25.5 Å². The Labute approximate surface area is 122 Å². The smallest absolute Gasteiger partial charge is 0.337 e. The van der Waals surface area contributed by atoms with E-state index in [1.54, 1.807) is 19.1 Å². The predicted octanol–water partition coefficient (Wildman–Crippen LogP) is 1.85. The van der Waals surface area contributed by atoms with Gasteiger partial charge in [0.2, 0.25) is 0 Å². The number of amides is 2. The van der Waals surface area contributed by atoms with Gasteiger partial charge in [-0.1, -0.05) is 12.1 Å². The third-order valence-electron chi connectivity index (χ3n) is 2.55. The van der Waals surface area contributed by atoms with Gasteiger partial charge in [-0.15, -0.1) is 0 Å². The Morgan fingerprint density at radius 1 is 1.24 bits per heavy atom. The molecule has 0 bridgehead atoms. The van der Waals surface area contributed by atoms with E-state index in [-0.39, 0.29) is 23.6 Å². The molecule has 0 aliphatic rings. The zero-order valence-electron chi connectivity index (χ0n) is 11.7. The number of aromatic carboxylic acids is 1. The highest BCUT2D eigenvalue weighted by Gasteiger charge is 2.11. The van der Waals surface area contributed by atoms with Gasteiger partial charge >= 0.3 is 18.0 Å². The molecule has 1 rings (SSSR count). The average Bonchev–Trinajstić information content (AvgIpc) is 2.44. The quantitative estimate of drug-likeness (QED) is 0.526. The Bertz CT molecular complexity index is 516. The number of para-hydroxylation sites is 1. The van der Waals surface area contributed by atoms with Gasteiger partial charge in [0.25, 0.3) is 0 Å². The van der Waals surface area contributed by atoms with E-state index in [1.807, 2.05) is 0 Å². The summed E-state index contributed by atoms with van der Waals surface area (Å²) in [5.41, 5.74) is 0.229. The molecule has 7 nitrogen and oxygen atoms in total. The van der Waals surface area contributed by atoms with Gasteiger partial charge in [0.15, 0.2) is 0 Å². The monoisotopic (exact) mass is 294 g/mol. The van der Waals surface area contributed by atoms with Crippen molar-refractivity contribution < 1.29 is 24.2 Å². The van der Waals surface area contributed by atoms with Crippen LogP contribution in [0.4, 0.5) is 10.5 Å². The van der Waals surface area contributed by atoms with Crippen LogP contribution in [-0.4, -0.2) is 36.2 Å². The van der Waals surface area contributed by atoms with Gasteiger partial charge in [-0.25, -0.2) is 9.59 Å². The van der Waals surface area contributed by atoms with Crippen molar-refractivity contribution in [2.75, 3.05) is 18.5 Å².